The second kappa shape index (κ2) is 6.32. The molecule has 0 saturated carbocycles. The normalized spacial score (nSPS) is 19.1. The third-order valence-corrected chi connectivity index (χ3v) is 4.21. The Balaban J connectivity index is 1.97. The molecule has 0 radical (unpaired) electrons. The van der Waals surface area contributed by atoms with E-state index in [0.717, 1.165) is 25.1 Å². The van der Waals surface area contributed by atoms with Gasteiger partial charge in [0, 0.05) is 36.1 Å². The van der Waals surface area contributed by atoms with Gasteiger partial charge in [0.2, 0.25) is 0 Å². The van der Waals surface area contributed by atoms with Gasteiger partial charge in [0.1, 0.15) is 0 Å². The first-order chi connectivity index (χ1) is 9.45. The van der Waals surface area contributed by atoms with Crippen molar-refractivity contribution in [2.45, 2.75) is 19.4 Å². The SMILES string of the molecule is O=C(O)CC1CCN(Cc2ccc([N+](=O)[O-])cc2Br)C1. The highest BCUT2D eigenvalue weighted by Crippen LogP contribution is 2.27. The summed E-state index contributed by atoms with van der Waals surface area (Å²) in [7, 11) is 0. The molecule has 1 N–H and O–H groups in total. The van der Waals surface area contributed by atoms with Crippen LogP contribution in [0, 0.1) is 16.0 Å². The summed E-state index contributed by atoms with van der Waals surface area (Å²) in [5.74, 6) is -0.558. The van der Waals surface area contributed by atoms with Crippen molar-refractivity contribution in [1.82, 2.24) is 4.90 Å². The van der Waals surface area contributed by atoms with Gasteiger partial charge in [0.05, 0.1) is 4.92 Å². The summed E-state index contributed by atoms with van der Waals surface area (Å²) in [4.78, 5) is 23.1. The molecule has 0 spiro atoms. The van der Waals surface area contributed by atoms with Crippen LogP contribution in [-0.4, -0.2) is 34.0 Å². The molecular weight excluding hydrogens is 328 g/mol. The first-order valence-electron chi connectivity index (χ1n) is 6.32. The summed E-state index contributed by atoms with van der Waals surface area (Å²) in [6, 6.07) is 4.73. The molecule has 0 aromatic heterocycles. The van der Waals surface area contributed by atoms with Crippen LogP contribution >= 0.6 is 15.9 Å². The van der Waals surface area contributed by atoms with E-state index in [0.29, 0.717) is 11.0 Å². The van der Waals surface area contributed by atoms with Crippen molar-refractivity contribution < 1.29 is 14.8 Å². The minimum atomic E-state index is -0.756. The highest BCUT2D eigenvalue weighted by Gasteiger charge is 2.25. The number of likely N-dealkylation sites (tertiary alicyclic amines) is 1. The largest absolute Gasteiger partial charge is 0.481 e. The van der Waals surface area contributed by atoms with E-state index in [1.807, 2.05) is 0 Å². The molecule has 0 bridgehead atoms. The summed E-state index contributed by atoms with van der Waals surface area (Å²) in [6.07, 6.45) is 1.09. The number of nitrogens with zero attached hydrogens (tertiary/aromatic N) is 2. The number of halogens is 1. The van der Waals surface area contributed by atoms with Gasteiger partial charge in [-0.1, -0.05) is 15.9 Å². The van der Waals surface area contributed by atoms with E-state index in [4.69, 9.17) is 5.11 Å². The maximum atomic E-state index is 10.7. The number of nitro benzene ring substituents is 1. The van der Waals surface area contributed by atoms with Gasteiger partial charge >= 0.3 is 5.97 Å². The Hall–Kier alpha value is -1.47. The highest BCUT2D eigenvalue weighted by atomic mass is 79.9. The van der Waals surface area contributed by atoms with Crippen LogP contribution in [0.2, 0.25) is 0 Å². The maximum Gasteiger partial charge on any atom is 0.303 e. The Morgan fingerprint density at radius 3 is 2.90 bits per heavy atom. The molecule has 1 aliphatic rings. The molecule has 1 heterocycles. The Bertz CT molecular complexity index is 535. The van der Waals surface area contributed by atoms with Gasteiger partial charge in [-0.2, -0.15) is 0 Å². The first-order valence-corrected chi connectivity index (χ1v) is 7.12. The quantitative estimate of drug-likeness (QED) is 0.656. The molecule has 1 unspecified atom stereocenters. The van der Waals surface area contributed by atoms with Crippen molar-refractivity contribution in [2.75, 3.05) is 13.1 Å². The van der Waals surface area contributed by atoms with E-state index in [-0.39, 0.29) is 18.0 Å². The second-order valence-corrected chi connectivity index (χ2v) is 5.87. The molecule has 1 aliphatic heterocycles. The van der Waals surface area contributed by atoms with Crippen molar-refractivity contribution >= 4 is 27.6 Å². The lowest BCUT2D eigenvalue weighted by Gasteiger charge is -2.16. The smallest absolute Gasteiger partial charge is 0.303 e. The number of nitro groups is 1. The molecule has 1 atom stereocenters. The molecule has 1 aromatic carbocycles. The fourth-order valence-electron chi connectivity index (χ4n) is 2.49. The summed E-state index contributed by atoms with van der Waals surface area (Å²) in [6.45, 7) is 2.30. The van der Waals surface area contributed by atoms with Crippen LogP contribution in [0.5, 0.6) is 0 Å². The lowest BCUT2D eigenvalue weighted by atomic mass is 10.1. The van der Waals surface area contributed by atoms with Crippen molar-refractivity contribution in [1.29, 1.82) is 0 Å². The first kappa shape index (κ1) is 14.9. The Kier molecular flexibility index (Phi) is 4.72. The third-order valence-electron chi connectivity index (χ3n) is 3.47. The molecule has 1 fully saturated rings. The monoisotopic (exact) mass is 342 g/mol. The Morgan fingerprint density at radius 1 is 1.55 bits per heavy atom. The van der Waals surface area contributed by atoms with Crippen molar-refractivity contribution in [3.63, 3.8) is 0 Å². The van der Waals surface area contributed by atoms with E-state index < -0.39 is 10.9 Å². The molecule has 20 heavy (non-hydrogen) atoms. The predicted molar refractivity (Wildman–Crippen MR) is 76.4 cm³/mol. The van der Waals surface area contributed by atoms with Crippen LogP contribution in [0.25, 0.3) is 0 Å². The van der Waals surface area contributed by atoms with E-state index in [1.165, 1.54) is 12.1 Å². The topological polar surface area (TPSA) is 83.7 Å². The van der Waals surface area contributed by atoms with E-state index in [1.54, 1.807) is 6.07 Å². The van der Waals surface area contributed by atoms with Gasteiger partial charge in [-0.25, -0.2) is 0 Å². The van der Waals surface area contributed by atoms with E-state index >= 15 is 0 Å². The molecular formula is C13H15BrN2O4. The average Bonchev–Trinajstić information content (AvgIpc) is 2.78. The van der Waals surface area contributed by atoms with Crippen LogP contribution < -0.4 is 0 Å². The summed E-state index contributed by atoms with van der Waals surface area (Å²) < 4.78 is 0.716. The van der Waals surface area contributed by atoms with Gasteiger partial charge in [-0.15, -0.1) is 0 Å². The zero-order chi connectivity index (χ0) is 14.7. The summed E-state index contributed by atoms with van der Waals surface area (Å²) >= 11 is 3.35. The summed E-state index contributed by atoms with van der Waals surface area (Å²) in [5, 5.41) is 19.5. The number of carbonyl (C=O) groups is 1. The Labute approximate surface area is 124 Å². The van der Waals surface area contributed by atoms with Gasteiger partial charge < -0.3 is 5.11 Å². The van der Waals surface area contributed by atoms with E-state index in [2.05, 4.69) is 20.8 Å². The lowest BCUT2D eigenvalue weighted by molar-refractivity contribution is -0.384. The van der Waals surface area contributed by atoms with Crippen molar-refractivity contribution in [2.24, 2.45) is 5.92 Å². The van der Waals surface area contributed by atoms with Crippen LogP contribution in [-0.2, 0) is 11.3 Å². The van der Waals surface area contributed by atoms with Crippen LogP contribution in [0.3, 0.4) is 0 Å². The highest BCUT2D eigenvalue weighted by molar-refractivity contribution is 9.10. The molecule has 108 valence electrons. The minimum absolute atomic E-state index is 0.0609. The van der Waals surface area contributed by atoms with Gasteiger partial charge in [0.15, 0.2) is 0 Å². The van der Waals surface area contributed by atoms with Gasteiger partial charge in [0.25, 0.3) is 5.69 Å². The molecule has 2 rings (SSSR count). The second-order valence-electron chi connectivity index (χ2n) is 5.02. The molecule has 1 aromatic rings. The third kappa shape index (κ3) is 3.77. The molecule has 6 nitrogen and oxygen atoms in total. The zero-order valence-electron chi connectivity index (χ0n) is 10.8. The zero-order valence-corrected chi connectivity index (χ0v) is 12.4. The number of rotatable bonds is 5. The molecule has 0 aliphatic carbocycles. The average molecular weight is 343 g/mol. The lowest BCUT2D eigenvalue weighted by Crippen LogP contribution is -2.21. The predicted octanol–water partition coefficient (Wildman–Crippen LogP) is 2.65. The minimum Gasteiger partial charge on any atom is -0.481 e. The fourth-order valence-corrected chi connectivity index (χ4v) is 2.98. The number of benzene rings is 1. The van der Waals surface area contributed by atoms with Gasteiger partial charge in [-0.05, 0) is 30.5 Å². The number of hydrogen-bond acceptors (Lipinski definition) is 4. The maximum absolute atomic E-state index is 10.7. The molecule has 0 amide bonds. The van der Waals surface area contributed by atoms with Crippen LogP contribution in [0.4, 0.5) is 5.69 Å². The van der Waals surface area contributed by atoms with Crippen LogP contribution in [0.1, 0.15) is 18.4 Å². The standard InChI is InChI=1S/C13H15BrN2O4/c14-12-6-11(16(19)20)2-1-10(12)8-15-4-3-9(7-15)5-13(17)18/h1-2,6,9H,3-5,7-8H2,(H,17,18). The molecule has 1 saturated heterocycles. The van der Waals surface area contributed by atoms with Crippen molar-refractivity contribution in [3.8, 4) is 0 Å². The number of carboxylic acids is 1. The van der Waals surface area contributed by atoms with Crippen LogP contribution in [0.15, 0.2) is 22.7 Å². The summed E-state index contributed by atoms with van der Waals surface area (Å²) in [5.41, 5.74) is 1.04. The number of carboxylic acid groups (broad SMARTS) is 1. The number of aliphatic carboxylic acids is 1. The Morgan fingerprint density at radius 2 is 2.30 bits per heavy atom. The number of non-ortho nitro benzene ring substituents is 1. The fraction of sp³-hybridized carbons (Fsp3) is 0.462. The van der Waals surface area contributed by atoms with E-state index in [9.17, 15) is 14.9 Å². The number of hydrogen-bond donors (Lipinski definition) is 1. The van der Waals surface area contributed by atoms with Gasteiger partial charge in [-0.3, -0.25) is 19.8 Å². The van der Waals surface area contributed by atoms with Crippen molar-refractivity contribution in [3.05, 3.63) is 38.3 Å². The molecule has 7 heteroatoms.